The second kappa shape index (κ2) is 11.9. The van der Waals surface area contributed by atoms with Crippen LogP contribution in [0.15, 0.2) is 58.0 Å². The molecule has 0 aliphatic carbocycles. The Bertz CT molecular complexity index is 1450. The molecule has 2 atom stereocenters. The van der Waals surface area contributed by atoms with E-state index in [2.05, 4.69) is 48.6 Å². The fourth-order valence-corrected chi connectivity index (χ4v) is 6.09. The van der Waals surface area contributed by atoms with E-state index >= 15 is 0 Å². The van der Waals surface area contributed by atoms with Crippen LogP contribution >= 0.6 is 11.3 Å². The molecule has 1 aromatic heterocycles. The quantitative estimate of drug-likeness (QED) is 0.305. The van der Waals surface area contributed by atoms with Crippen LogP contribution in [0, 0.1) is 26.7 Å². The Morgan fingerprint density at radius 1 is 0.974 bits per heavy atom. The monoisotopic (exact) mass is 545 g/mol. The Morgan fingerprint density at radius 2 is 1.67 bits per heavy atom. The van der Waals surface area contributed by atoms with Gasteiger partial charge in [-0.25, -0.2) is 9.78 Å². The molecule has 204 valence electrons. The normalized spacial score (nSPS) is 17.1. The molecule has 0 amide bonds. The Labute approximate surface area is 234 Å². The molecule has 39 heavy (non-hydrogen) atoms. The summed E-state index contributed by atoms with van der Waals surface area (Å²) in [4.78, 5) is 35.6. The van der Waals surface area contributed by atoms with Gasteiger partial charge in [0.15, 0.2) is 5.13 Å². The number of esters is 2. The summed E-state index contributed by atoms with van der Waals surface area (Å²) in [6.45, 7) is 13.9. The number of carbonyl (C=O) groups is 2. The third-order valence-corrected chi connectivity index (χ3v) is 7.56. The highest BCUT2D eigenvalue weighted by atomic mass is 32.1. The standard InChI is InChI=1S/C31H35N3O4S/c1-8-37-29(35)26-20(6)32-21(7)27(30(36)38-9-2)28(26)22-11-10-12-23(15-22)33-31-34-24(16-39-31)25-18(4)13-17(3)14-19(25)5/h10-16,26,28H,8-9H2,1-7H3,(H,33,34). The van der Waals surface area contributed by atoms with Gasteiger partial charge in [0.05, 0.1) is 24.5 Å². The number of rotatable bonds is 8. The van der Waals surface area contributed by atoms with Crippen LogP contribution in [-0.4, -0.2) is 35.8 Å². The van der Waals surface area contributed by atoms with Crippen molar-refractivity contribution in [2.75, 3.05) is 18.5 Å². The lowest BCUT2D eigenvalue weighted by atomic mass is 9.75. The van der Waals surface area contributed by atoms with E-state index in [1.807, 2.05) is 24.3 Å². The summed E-state index contributed by atoms with van der Waals surface area (Å²) in [6.07, 6.45) is 0. The lowest BCUT2D eigenvalue weighted by Gasteiger charge is -2.31. The maximum atomic E-state index is 13.1. The van der Waals surface area contributed by atoms with E-state index in [-0.39, 0.29) is 13.2 Å². The highest BCUT2D eigenvalue weighted by molar-refractivity contribution is 7.14. The number of aliphatic imine (C=N–C) groups is 1. The van der Waals surface area contributed by atoms with Gasteiger partial charge < -0.3 is 14.8 Å². The number of hydrogen-bond acceptors (Lipinski definition) is 8. The summed E-state index contributed by atoms with van der Waals surface area (Å²) < 4.78 is 10.8. The number of nitrogens with zero attached hydrogens (tertiary/aromatic N) is 2. The summed E-state index contributed by atoms with van der Waals surface area (Å²) in [5.41, 5.74) is 8.81. The average molecular weight is 546 g/mol. The molecule has 0 spiro atoms. The van der Waals surface area contributed by atoms with Crippen molar-refractivity contribution in [3.8, 4) is 11.3 Å². The highest BCUT2D eigenvalue weighted by Crippen LogP contribution is 2.41. The van der Waals surface area contributed by atoms with Crippen LogP contribution in [0.5, 0.6) is 0 Å². The highest BCUT2D eigenvalue weighted by Gasteiger charge is 2.42. The Morgan fingerprint density at radius 3 is 2.33 bits per heavy atom. The lowest BCUT2D eigenvalue weighted by molar-refractivity contribution is -0.146. The SMILES string of the molecule is CCOC(=O)C1=C(C)N=C(C)C(C(=O)OCC)C1c1cccc(Nc2nc(-c3c(C)cc(C)cc3C)cs2)c1. The maximum Gasteiger partial charge on any atom is 0.336 e. The van der Waals surface area contributed by atoms with Crippen LogP contribution in [-0.2, 0) is 19.1 Å². The molecule has 3 aromatic rings. The van der Waals surface area contributed by atoms with Gasteiger partial charge in [-0.15, -0.1) is 11.3 Å². The van der Waals surface area contributed by atoms with E-state index in [4.69, 9.17) is 14.5 Å². The molecule has 2 heterocycles. The summed E-state index contributed by atoms with van der Waals surface area (Å²) in [7, 11) is 0. The van der Waals surface area contributed by atoms with Crippen molar-refractivity contribution in [2.24, 2.45) is 10.9 Å². The van der Waals surface area contributed by atoms with Gasteiger partial charge in [-0.2, -0.15) is 0 Å². The van der Waals surface area contributed by atoms with E-state index in [0.717, 1.165) is 27.6 Å². The minimum atomic E-state index is -0.734. The van der Waals surface area contributed by atoms with Gasteiger partial charge in [0.25, 0.3) is 0 Å². The third-order valence-electron chi connectivity index (χ3n) is 6.80. The van der Waals surface area contributed by atoms with Crippen molar-refractivity contribution in [3.63, 3.8) is 0 Å². The third kappa shape index (κ3) is 5.96. The number of aryl methyl sites for hydroxylation is 3. The second-order valence-electron chi connectivity index (χ2n) is 9.74. The van der Waals surface area contributed by atoms with Gasteiger partial charge in [-0.3, -0.25) is 9.79 Å². The molecule has 0 fully saturated rings. The zero-order valence-corrected chi connectivity index (χ0v) is 24.4. The number of thiazole rings is 1. The molecular weight excluding hydrogens is 510 g/mol. The van der Waals surface area contributed by atoms with Gasteiger partial charge in [-0.1, -0.05) is 29.8 Å². The molecule has 0 saturated carbocycles. The van der Waals surface area contributed by atoms with Gasteiger partial charge >= 0.3 is 11.9 Å². The summed E-state index contributed by atoms with van der Waals surface area (Å²) in [5, 5.41) is 6.22. The topological polar surface area (TPSA) is 89.9 Å². The Kier molecular flexibility index (Phi) is 8.65. The van der Waals surface area contributed by atoms with Crippen LogP contribution in [0.2, 0.25) is 0 Å². The number of carbonyl (C=O) groups excluding carboxylic acids is 2. The van der Waals surface area contributed by atoms with Crippen molar-refractivity contribution >= 4 is 39.8 Å². The van der Waals surface area contributed by atoms with Crippen LogP contribution in [0.3, 0.4) is 0 Å². The zero-order valence-electron chi connectivity index (χ0n) is 23.5. The van der Waals surface area contributed by atoms with Crippen molar-refractivity contribution in [3.05, 3.63) is 75.3 Å². The molecular formula is C31H35N3O4S. The Balaban J connectivity index is 1.70. The van der Waals surface area contributed by atoms with Crippen LogP contribution in [0.4, 0.5) is 10.8 Å². The first-order valence-electron chi connectivity index (χ1n) is 13.1. The number of benzene rings is 2. The van der Waals surface area contributed by atoms with Gasteiger partial charge in [-0.05, 0) is 77.3 Å². The number of hydrogen-bond donors (Lipinski definition) is 1. The van der Waals surface area contributed by atoms with Gasteiger partial charge in [0.2, 0.25) is 0 Å². The average Bonchev–Trinajstić information content (AvgIpc) is 3.31. The minimum Gasteiger partial charge on any atom is -0.465 e. The minimum absolute atomic E-state index is 0.225. The van der Waals surface area contributed by atoms with Crippen LogP contribution < -0.4 is 5.32 Å². The van der Waals surface area contributed by atoms with Crippen molar-refractivity contribution < 1.29 is 19.1 Å². The van der Waals surface area contributed by atoms with E-state index < -0.39 is 23.8 Å². The van der Waals surface area contributed by atoms with Crippen LogP contribution in [0.1, 0.15) is 55.9 Å². The van der Waals surface area contributed by atoms with Gasteiger partial charge in [0.1, 0.15) is 5.92 Å². The van der Waals surface area contributed by atoms with Crippen molar-refractivity contribution in [1.29, 1.82) is 0 Å². The van der Waals surface area contributed by atoms with E-state index in [0.29, 0.717) is 17.0 Å². The smallest absolute Gasteiger partial charge is 0.336 e. The zero-order chi connectivity index (χ0) is 28.3. The summed E-state index contributed by atoms with van der Waals surface area (Å²) in [6, 6.07) is 12.1. The number of aromatic nitrogens is 1. The first kappa shape index (κ1) is 28.2. The molecule has 1 N–H and O–H groups in total. The van der Waals surface area contributed by atoms with Crippen molar-refractivity contribution in [1.82, 2.24) is 4.98 Å². The maximum absolute atomic E-state index is 13.1. The second-order valence-corrected chi connectivity index (χ2v) is 10.6. The number of nitrogens with one attached hydrogen (secondary N) is 1. The van der Waals surface area contributed by atoms with E-state index in [1.165, 1.54) is 28.0 Å². The molecule has 4 rings (SSSR count). The summed E-state index contributed by atoms with van der Waals surface area (Å²) >= 11 is 1.53. The largest absolute Gasteiger partial charge is 0.465 e. The molecule has 1 aliphatic rings. The Hall–Kier alpha value is -3.78. The fourth-order valence-electron chi connectivity index (χ4n) is 5.37. The fraction of sp³-hybridized carbons (Fsp3) is 0.355. The molecule has 2 unspecified atom stereocenters. The first-order valence-corrected chi connectivity index (χ1v) is 14.0. The molecule has 0 saturated heterocycles. The predicted molar refractivity (Wildman–Crippen MR) is 157 cm³/mol. The molecule has 2 aromatic carbocycles. The number of allylic oxidation sites excluding steroid dienone is 1. The molecule has 1 aliphatic heterocycles. The van der Waals surface area contributed by atoms with Crippen molar-refractivity contribution in [2.45, 2.75) is 54.4 Å². The van der Waals surface area contributed by atoms with E-state index in [1.54, 1.807) is 27.7 Å². The molecule has 8 heteroatoms. The van der Waals surface area contributed by atoms with E-state index in [9.17, 15) is 9.59 Å². The van der Waals surface area contributed by atoms with Gasteiger partial charge in [0, 0.05) is 34.0 Å². The number of anilines is 2. The lowest BCUT2D eigenvalue weighted by Crippen LogP contribution is -2.36. The molecule has 7 nitrogen and oxygen atoms in total. The first-order chi connectivity index (χ1) is 18.6. The number of ether oxygens (including phenoxy) is 2. The van der Waals surface area contributed by atoms with Crippen LogP contribution in [0.25, 0.3) is 11.3 Å². The summed E-state index contributed by atoms with van der Waals surface area (Å²) in [5.74, 6) is -2.21. The molecule has 0 bridgehead atoms. The molecule has 0 radical (unpaired) electrons. The predicted octanol–water partition coefficient (Wildman–Crippen LogP) is 7.05.